The minimum absolute atomic E-state index is 1.05. The summed E-state index contributed by atoms with van der Waals surface area (Å²) < 4.78 is 2.10. The highest BCUT2D eigenvalue weighted by molar-refractivity contribution is 9.10. The highest BCUT2D eigenvalue weighted by Crippen LogP contribution is 2.32. The Morgan fingerprint density at radius 1 is 0.625 bits per heavy atom. The third-order valence-electron chi connectivity index (χ3n) is 3.22. The van der Waals surface area contributed by atoms with Crippen LogP contribution < -0.4 is 0 Å². The van der Waals surface area contributed by atoms with Gasteiger partial charge < -0.3 is 0 Å². The van der Waals surface area contributed by atoms with Gasteiger partial charge >= 0.3 is 0 Å². The topological polar surface area (TPSA) is 0 Å². The molecule has 0 radical (unpaired) electrons. The van der Waals surface area contributed by atoms with E-state index in [1.165, 1.54) is 10.8 Å². The maximum Gasteiger partial charge on any atom is 0.129 e. The fraction of sp³-hybridized carbons (Fsp3) is 0.300. The Labute approximate surface area is 164 Å². The molecular formula is C20H22Br2Si2. The summed E-state index contributed by atoms with van der Waals surface area (Å²) in [6.07, 6.45) is 0. The first-order valence-electron chi connectivity index (χ1n) is 7.95. The van der Waals surface area contributed by atoms with Crippen molar-refractivity contribution >= 4 is 58.8 Å². The lowest BCUT2D eigenvalue weighted by atomic mass is 10.0. The van der Waals surface area contributed by atoms with Crippen LogP contribution in [0.1, 0.15) is 11.1 Å². The monoisotopic (exact) mass is 476 g/mol. The van der Waals surface area contributed by atoms with E-state index in [9.17, 15) is 0 Å². The van der Waals surface area contributed by atoms with Gasteiger partial charge in [-0.05, 0) is 54.8 Å². The number of hydrogen-bond donors (Lipinski definition) is 0. The number of benzene rings is 2. The summed E-state index contributed by atoms with van der Waals surface area (Å²) in [5.74, 6) is 6.85. The molecule has 124 valence electrons. The van der Waals surface area contributed by atoms with Crippen LogP contribution in [-0.2, 0) is 0 Å². The standard InChI is InChI=1S/C20H22Br2Si2/c1-23(2,3)13-11-17-15-7-10-20(22)18(12-14-24(4,5)6)16(15)8-9-19(17)21/h7-10H,1-6H3. The number of fused-ring (bicyclic) bond motifs is 1. The lowest BCUT2D eigenvalue weighted by molar-refractivity contribution is 1.60. The lowest BCUT2D eigenvalue weighted by Gasteiger charge is -2.10. The van der Waals surface area contributed by atoms with Gasteiger partial charge in [0.05, 0.1) is 0 Å². The third-order valence-corrected chi connectivity index (χ3v) is 6.30. The molecule has 0 saturated carbocycles. The van der Waals surface area contributed by atoms with Crippen molar-refractivity contribution in [3.63, 3.8) is 0 Å². The van der Waals surface area contributed by atoms with E-state index in [-0.39, 0.29) is 0 Å². The Bertz CT molecular complexity index is 831. The molecule has 0 aliphatic rings. The van der Waals surface area contributed by atoms with Gasteiger partial charge in [-0.3, -0.25) is 0 Å². The highest BCUT2D eigenvalue weighted by atomic mass is 79.9. The molecule has 0 atom stereocenters. The van der Waals surface area contributed by atoms with Crippen LogP contribution in [0.4, 0.5) is 0 Å². The van der Waals surface area contributed by atoms with Crippen molar-refractivity contribution in [2.45, 2.75) is 39.3 Å². The van der Waals surface area contributed by atoms with E-state index in [0.29, 0.717) is 0 Å². The largest absolute Gasteiger partial charge is 0.129 e. The normalized spacial score (nSPS) is 11.5. The van der Waals surface area contributed by atoms with E-state index in [4.69, 9.17) is 0 Å². The maximum absolute atomic E-state index is 3.67. The Morgan fingerprint density at radius 2 is 0.958 bits per heavy atom. The molecule has 0 spiro atoms. The minimum atomic E-state index is -1.43. The predicted octanol–water partition coefficient (Wildman–Crippen LogP) is 6.82. The van der Waals surface area contributed by atoms with Gasteiger partial charge in [-0.1, -0.05) is 63.3 Å². The highest BCUT2D eigenvalue weighted by Gasteiger charge is 2.13. The number of halogens is 2. The first-order chi connectivity index (χ1) is 11.0. The fourth-order valence-corrected chi connectivity index (χ4v) is 4.00. The van der Waals surface area contributed by atoms with Gasteiger partial charge in [0.25, 0.3) is 0 Å². The van der Waals surface area contributed by atoms with Crippen LogP contribution in [0, 0.1) is 22.9 Å². The molecule has 2 rings (SSSR count). The minimum Gasteiger partial charge on any atom is -0.127 e. The van der Waals surface area contributed by atoms with E-state index < -0.39 is 16.1 Å². The molecule has 0 aliphatic heterocycles. The molecule has 0 aromatic heterocycles. The molecule has 24 heavy (non-hydrogen) atoms. The van der Waals surface area contributed by atoms with Crippen molar-refractivity contribution in [2.24, 2.45) is 0 Å². The van der Waals surface area contributed by atoms with Crippen LogP contribution in [0.2, 0.25) is 39.3 Å². The molecule has 0 saturated heterocycles. The summed E-state index contributed by atoms with van der Waals surface area (Å²) >= 11 is 7.34. The molecule has 4 heteroatoms. The Balaban J connectivity index is 2.77. The second-order valence-electron chi connectivity index (χ2n) is 7.94. The van der Waals surface area contributed by atoms with Gasteiger partial charge in [0.1, 0.15) is 16.1 Å². The van der Waals surface area contributed by atoms with Gasteiger partial charge in [-0.15, -0.1) is 11.1 Å². The van der Waals surface area contributed by atoms with Crippen molar-refractivity contribution < 1.29 is 0 Å². The first-order valence-corrected chi connectivity index (χ1v) is 16.5. The van der Waals surface area contributed by atoms with Crippen LogP contribution in [0.25, 0.3) is 10.8 Å². The van der Waals surface area contributed by atoms with E-state index in [2.05, 4.69) is 118 Å². The van der Waals surface area contributed by atoms with Gasteiger partial charge in [-0.25, -0.2) is 0 Å². The summed E-state index contributed by atoms with van der Waals surface area (Å²) in [6.45, 7) is 13.6. The molecular weight excluding hydrogens is 456 g/mol. The summed E-state index contributed by atoms with van der Waals surface area (Å²) in [7, 11) is -2.86. The summed E-state index contributed by atoms with van der Waals surface area (Å²) in [4.78, 5) is 0. The molecule has 0 unspecified atom stereocenters. The molecule has 2 aromatic carbocycles. The Morgan fingerprint density at radius 3 is 1.25 bits per heavy atom. The first kappa shape index (κ1) is 19.5. The Kier molecular flexibility index (Phi) is 5.88. The molecule has 0 amide bonds. The average Bonchev–Trinajstić information content (AvgIpc) is 2.43. The van der Waals surface area contributed by atoms with Crippen molar-refractivity contribution in [1.29, 1.82) is 0 Å². The van der Waals surface area contributed by atoms with Crippen LogP contribution in [-0.4, -0.2) is 16.1 Å². The molecule has 0 aliphatic carbocycles. The number of hydrogen-bond acceptors (Lipinski definition) is 0. The quantitative estimate of drug-likeness (QED) is 0.288. The van der Waals surface area contributed by atoms with E-state index in [1.807, 2.05) is 0 Å². The van der Waals surface area contributed by atoms with Crippen molar-refractivity contribution in [3.05, 3.63) is 44.3 Å². The van der Waals surface area contributed by atoms with Crippen LogP contribution in [0.15, 0.2) is 33.2 Å². The van der Waals surface area contributed by atoms with Gasteiger partial charge in [0, 0.05) is 20.1 Å². The zero-order chi connectivity index (χ0) is 18.1. The fourth-order valence-electron chi connectivity index (χ4n) is 2.11. The smallest absolute Gasteiger partial charge is 0.127 e. The third kappa shape index (κ3) is 5.10. The number of rotatable bonds is 0. The summed E-state index contributed by atoms with van der Waals surface area (Å²) in [5.41, 5.74) is 9.10. The molecule has 0 fully saturated rings. The van der Waals surface area contributed by atoms with E-state index in [1.54, 1.807) is 0 Å². The average molecular weight is 478 g/mol. The van der Waals surface area contributed by atoms with Crippen molar-refractivity contribution in [3.8, 4) is 22.9 Å². The molecule has 0 N–H and O–H groups in total. The van der Waals surface area contributed by atoms with Gasteiger partial charge in [0.2, 0.25) is 0 Å². The zero-order valence-corrected chi connectivity index (χ0v) is 20.2. The SMILES string of the molecule is C[Si](C)(C)C#Cc1c(Br)ccc2c(C#C[Si](C)(C)C)c(Br)ccc12. The summed E-state index contributed by atoms with van der Waals surface area (Å²) in [5, 5.41) is 2.33. The maximum atomic E-state index is 3.67. The van der Waals surface area contributed by atoms with E-state index in [0.717, 1.165) is 20.1 Å². The lowest BCUT2D eigenvalue weighted by Crippen LogP contribution is -2.16. The zero-order valence-electron chi connectivity index (χ0n) is 15.1. The predicted molar refractivity (Wildman–Crippen MR) is 120 cm³/mol. The second kappa shape index (κ2) is 7.22. The van der Waals surface area contributed by atoms with E-state index >= 15 is 0 Å². The second-order valence-corrected chi connectivity index (χ2v) is 19.1. The molecule has 0 heterocycles. The van der Waals surface area contributed by atoms with Gasteiger partial charge in [-0.2, -0.15) is 0 Å². The molecule has 0 nitrogen and oxygen atoms in total. The van der Waals surface area contributed by atoms with Gasteiger partial charge in [0.15, 0.2) is 0 Å². The van der Waals surface area contributed by atoms with Crippen LogP contribution in [0.5, 0.6) is 0 Å². The summed E-state index contributed by atoms with van der Waals surface area (Å²) in [6, 6.07) is 8.45. The van der Waals surface area contributed by atoms with Crippen molar-refractivity contribution in [2.75, 3.05) is 0 Å². The Hall–Kier alpha value is -0.786. The van der Waals surface area contributed by atoms with Crippen molar-refractivity contribution in [1.82, 2.24) is 0 Å². The molecule has 0 bridgehead atoms. The molecule has 2 aromatic rings. The van der Waals surface area contributed by atoms with Crippen LogP contribution in [0.3, 0.4) is 0 Å². The van der Waals surface area contributed by atoms with Crippen LogP contribution >= 0.6 is 31.9 Å².